The Morgan fingerprint density at radius 1 is 1.00 bits per heavy atom. The van der Waals surface area contributed by atoms with Gasteiger partial charge in [-0.25, -0.2) is 0 Å². The van der Waals surface area contributed by atoms with Crippen molar-refractivity contribution in [3.63, 3.8) is 0 Å². The van der Waals surface area contributed by atoms with Crippen molar-refractivity contribution in [3.05, 3.63) is 0 Å². The Balaban J connectivity index is 1.59. The van der Waals surface area contributed by atoms with Crippen LogP contribution in [0.1, 0.15) is 91.9 Å². The molecule has 2 N–H and O–H groups in total. The highest BCUT2D eigenvalue weighted by Gasteiger charge is 2.63. The van der Waals surface area contributed by atoms with Gasteiger partial charge in [-0.15, -0.1) is 0 Å². The van der Waals surface area contributed by atoms with E-state index < -0.39 is 5.97 Å². The number of esters is 1. The molecule has 10 atom stereocenters. The Bertz CT molecular complexity index is 706. The van der Waals surface area contributed by atoms with Gasteiger partial charge in [0.25, 0.3) is 0 Å². The molecule has 0 spiro atoms. The van der Waals surface area contributed by atoms with E-state index in [0.717, 1.165) is 32.1 Å². The van der Waals surface area contributed by atoms with Gasteiger partial charge in [-0.2, -0.15) is 0 Å². The molecule has 0 bridgehead atoms. The number of carbonyl (C=O) groups is 2. The molecule has 4 fully saturated rings. The summed E-state index contributed by atoms with van der Waals surface area (Å²) in [6.45, 7) is 8.67. The quantitative estimate of drug-likeness (QED) is 0.592. The van der Waals surface area contributed by atoms with Crippen molar-refractivity contribution >= 4 is 11.9 Å². The molecule has 0 heterocycles. The number of carboxylic acid groups (broad SMARTS) is 1. The largest absolute Gasteiger partial charge is 0.481 e. The van der Waals surface area contributed by atoms with Crippen molar-refractivity contribution in [1.82, 2.24) is 0 Å². The third-order valence-corrected chi connectivity index (χ3v) is 10.5. The third-order valence-electron chi connectivity index (χ3n) is 10.5. The number of rotatable bonds is 5. The monoisotopic (exact) mass is 434 g/mol. The molecule has 4 aliphatic rings. The first kappa shape index (κ1) is 23.1. The number of fused-ring (bicyclic) bond motifs is 5. The SMILES string of the molecule is CC(=O)O[C@H]1CC2C3CC[C@H]([C@H](C)CCC(=O)O)[C@@]3(C)CCC2[C@@]2(C)CC[C@@H](O)C[C@@H]12. The van der Waals surface area contributed by atoms with Crippen LogP contribution in [0.3, 0.4) is 0 Å². The van der Waals surface area contributed by atoms with Gasteiger partial charge in [0.15, 0.2) is 0 Å². The smallest absolute Gasteiger partial charge is 0.303 e. The molecule has 0 saturated heterocycles. The van der Waals surface area contributed by atoms with Crippen molar-refractivity contribution in [2.75, 3.05) is 0 Å². The van der Waals surface area contributed by atoms with Crippen LogP contribution in [0, 0.1) is 46.3 Å². The van der Waals surface area contributed by atoms with Gasteiger partial charge in [0.1, 0.15) is 6.10 Å². The lowest BCUT2D eigenvalue weighted by atomic mass is 9.43. The summed E-state index contributed by atoms with van der Waals surface area (Å²) in [6.07, 6.45) is 9.13. The summed E-state index contributed by atoms with van der Waals surface area (Å²) in [6, 6.07) is 0. The Morgan fingerprint density at radius 2 is 1.68 bits per heavy atom. The highest BCUT2D eigenvalue weighted by molar-refractivity contribution is 5.66. The van der Waals surface area contributed by atoms with Gasteiger partial charge in [-0.1, -0.05) is 20.8 Å². The zero-order valence-corrected chi connectivity index (χ0v) is 19.8. The predicted octanol–water partition coefficient (Wildman–Crippen LogP) is 5.05. The highest BCUT2D eigenvalue weighted by atomic mass is 16.5. The van der Waals surface area contributed by atoms with E-state index in [9.17, 15) is 14.7 Å². The van der Waals surface area contributed by atoms with Crippen molar-refractivity contribution in [2.24, 2.45) is 46.3 Å². The lowest BCUT2D eigenvalue weighted by Gasteiger charge is -2.62. The van der Waals surface area contributed by atoms with Crippen LogP contribution in [0.15, 0.2) is 0 Å². The fourth-order valence-electron chi connectivity index (χ4n) is 9.12. The maximum absolute atomic E-state index is 12.0. The molecular weight excluding hydrogens is 392 g/mol. The van der Waals surface area contributed by atoms with Crippen LogP contribution in [0.5, 0.6) is 0 Å². The number of aliphatic hydroxyl groups is 1. The van der Waals surface area contributed by atoms with E-state index in [0.29, 0.717) is 29.6 Å². The Labute approximate surface area is 187 Å². The van der Waals surface area contributed by atoms with Crippen LogP contribution in [-0.4, -0.2) is 34.4 Å². The number of carboxylic acids is 1. The molecule has 5 heteroatoms. The standard InChI is InChI=1S/C26H42O5/c1-15(5-8-24(29)30)19-6-7-20-18-14-23(31-16(2)27)22-13-17(28)9-11-26(22,4)21(18)10-12-25(19,20)3/h15,17-23,28H,5-14H2,1-4H3,(H,29,30)/t15-,17-,18?,19-,20?,21?,22+,23+,25-,26-/m1/s1. The lowest BCUT2D eigenvalue weighted by Crippen LogP contribution is -2.59. The van der Waals surface area contributed by atoms with E-state index in [-0.39, 0.29) is 41.3 Å². The molecule has 4 aliphatic carbocycles. The number of aliphatic hydroxyl groups excluding tert-OH is 1. The number of aliphatic carboxylic acids is 1. The molecule has 0 aromatic heterocycles. The first-order valence-electron chi connectivity index (χ1n) is 12.6. The molecule has 31 heavy (non-hydrogen) atoms. The van der Waals surface area contributed by atoms with E-state index in [2.05, 4.69) is 20.8 Å². The van der Waals surface area contributed by atoms with Gasteiger partial charge in [0.2, 0.25) is 0 Å². The number of hydrogen-bond donors (Lipinski definition) is 2. The fraction of sp³-hybridized carbons (Fsp3) is 0.923. The van der Waals surface area contributed by atoms with E-state index in [4.69, 9.17) is 9.84 Å². The summed E-state index contributed by atoms with van der Waals surface area (Å²) < 4.78 is 5.93. The number of carbonyl (C=O) groups excluding carboxylic acids is 1. The molecule has 4 rings (SSSR count). The molecule has 4 saturated carbocycles. The first-order valence-corrected chi connectivity index (χ1v) is 12.6. The lowest BCUT2D eigenvalue weighted by molar-refractivity contribution is -0.192. The van der Waals surface area contributed by atoms with Crippen LogP contribution >= 0.6 is 0 Å². The van der Waals surface area contributed by atoms with Gasteiger partial charge < -0.3 is 14.9 Å². The number of ether oxygens (including phenoxy) is 1. The number of hydrogen-bond acceptors (Lipinski definition) is 4. The zero-order valence-electron chi connectivity index (χ0n) is 19.8. The van der Waals surface area contributed by atoms with Gasteiger partial charge in [0, 0.05) is 19.3 Å². The molecule has 5 nitrogen and oxygen atoms in total. The second-order valence-electron chi connectivity index (χ2n) is 11.9. The predicted molar refractivity (Wildman–Crippen MR) is 118 cm³/mol. The van der Waals surface area contributed by atoms with Crippen LogP contribution in [-0.2, 0) is 14.3 Å². The Morgan fingerprint density at radius 3 is 2.35 bits per heavy atom. The minimum Gasteiger partial charge on any atom is -0.481 e. The second-order valence-corrected chi connectivity index (χ2v) is 11.9. The van der Waals surface area contributed by atoms with Gasteiger partial charge in [-0.3, -0.25) is 9.59 Å². The van der Waals surface area contributed by atoms with Crippen LogP contribution < -0.4 is 0 Å². The van der Waals surface area contributed by atoms with Gasteiger partial charge in [-0.05, 0) is 98.2 Å². The third kappa shape index (κ3) is 3.94. The van der Waals surface area contributed by atoms with Crippen molar-refractivity contribution in [1.29, 1.82) is 0 Å². The molecule has 0 radical (unpaired) electrons. The van der Waals surface area contributed by atoms with E-state index in [1.807, 2.05) is 0 Å². The summed E-state index contributed by atoms with van der Waals surface area (Å²) in [4.78, 5) is 23.1. The molecule has 176 valence electrons. The summed E-state index contributed by atoms with van der Waals surface area (Å²) in [5, 5.41) is 19.6. The second kappa shape index (κ2) is 8.35. The minimum atomic E-state index is -0.690. The summed E-state index contributed by atoms with van der Waals surface area (Å²) in [5.41, 5.74) is 0.397. The van der Waals surface area contributed by atoms with Crippen molar-refractivity contribution in [2.45, 2.75) is 104 Å². The van der Waals surface area contributed by atoms with Crippen LogP contribution in [0.25, 0.3) is 0 Å². The highest BCUT2D eigenvalue weighted by Crippen LogP contribution is 2.68. The molecule has 0 aromatic carbocycles. The van der Waals surface area contributed by atoms with Gasteiger partial charge in [0.05, 0.1) is 6.10 Å². The van der Waals surface area contributed by atoms with Crippen molar-refractivity contribution in [3.8, 4) is 0 Å². The molecule has 0 aliphatic heterocycles. The van der Waals surface area contributed by atoms with Crippen molar-refractivity contribution < 1.29 is 24.5 Å². The Kier molecular flexibility index (Phi) is 6.22. The average molecular weight is 435 g/mol. The molecule has 0 amide bonds. The fourth-order valence-corrected chi connectivity index (χ4v) is 9.12. The van der Waals surface area contributed by atoms with Gasteiger partial charge >= 0.3 is 11.9 Å². The van der Waals surface area contributed by atoms with Crippen LogP contribution in [0.4, 0.5) is 0 Å². The van der Waals surface area contributed by atoms with Crippen LogP contribution in [0.2, 0.25) is 0 Å². The average Bonchev–Trinajstić information content (AvgIpc) is 3.04. The van der Waals surface area contributed by atoms with E-state index >= 15 is 0 Å². The summed E-state index contributed by atoms with van der Waals surface area (Å²) in [5.74, 6) is 2.23. The zero-order chi connectivity index (χ0) is 22.6. The molecular formula is C26H42O5. The topological polar surface area (TPSA) is 83.8 Å². The first-order chi connectivity index (χ1) is 14.6. The summed E-state index contributed by atoms with van der Waals surface area (Å²) in [7, 11) is 0. The van der Waals surface area contributed by atoms with E-state index in [1.54, 1.807) is 0 Å². The maximum Gasteiger partial charge on any atom is 0.303 e. The van der Waals surface area contributed by atoms with E-state index in [1.165, 1.54) is 32.6 Å². The normalized spacial score (nSPS) is 47.6. The minimum absolute atomic E-state index is 0.0791. The maximum atomic E-state index is 12.0. The Hall–Kier alpha value is -1.10. The summed E-state index contributed by atoms with van der Waals surface area (Å²) >= 11 is 0. The molecule has 3 unspecified atom stereocenters. The molecule has 0 aromatic rings.